The van der Waals surface area contributed by atoms with Gasteiger partial charge in [-0.25, -0.2) is 0 Å². The summed E-state index contributed by atoms with van der Waals surface area (Å²) in [5, 5.41) is 3.15. The van der Waals surface area contributed by atoms with Crippen LogP contribution < -0.4 is 11.1 Å². The summed E-state index contributed by atoms with van der Waals surface area (Å²) in [5.41, 5.74) is 5.17. The molecule has 102 valence electrons. The van der Waals surface area contributed by atoms with Crippen molar-refractivity contribution in [1.29, 1.82) is 0 Å². The minimum absolute atomic E-state index is 0. The zero-order chi connectivity index (χ0) is 12.2. The Morgan fingerprint density at radius 2 is 1.94 bits per heavy atom. The fourth-order valence-electron chi connectivity index (χ4n) is 2.10. The van der Waals surface area contributed by atoms with Gasteiger partial charge in [-0.3, -0.25) is 4.79 Å². The first-order valence-electron chi connectivity index (χ1n) is 6.46. The zero-order valence-electron chi connectivity index (χ0n) is 11.3. The molecule has 0 aromatic carbocycles. The maximum atomic E-state index is 12.0. The van der Waals surface area contributed by atoms with Crippen LogP contribution in [0.5, 0.6) is 0 Å². The first-order chi connectivity index (χ1) is 7.45. The van der Waals surface area contributed by atoms with Gasteiger partial charge in [0.05, 0.1) is 5.41 Å². The Morgan fingerprint density at radius 1 is 1.29 bits per heavy atom. The molecule has 1 rings (SSSR count). The lowest BCUT2D eigenvalue weighted by atomic mass is 9.92. The molecule has 2 unspecified atom stereocenters. The summed E-state index contributed by atoms with van der Waals surface area (Å²) >= 11 is 0. The van der Waals surface area contributed by atoms with Gasteiger partial charge in [0.1, 0.15) is 0 Å². The van der Waals surface area contributed by atoms with E-state index in [1.165, 1.54) is 19.3 Å². The Labute approximate surface area is 111 Å². The highest BCUT2D eigenvalue weighted by atomic mass is 35.5. The second kappa shape index (κ2) is 7.22. The van der Waals surface area contributed by atoms with E-state index < -0.39 is 5.41 Å². The maximum absolute atomic E-state index is 12.0. The molecule has 0 aromatic heterocycles. The first-order valence-corrected chi connectivity index (χ1v) is 6.46. The summed E-state index contributed by atoms with van der Waals surface area (Å²) in [6, 6.07) is 0.364. The number of hydrogen-bond donors (Lipinski definition) is 2. The number of carbonyl (C=O) groups is 1. The summed E-state index contributed by atoms with van der Waals surface area (Å²) in [6.07, 6.45) is 6.00. The molecular formula is C13H27ClN2O. The highest BCUT2D eigenvalue weighted by Crippen LogP contribution is 2.23. The Hall–Kier alpha value is -0.280. The van der Waals surface area contributed by atoms with E-state index in [9.17, 15) is 4.79 Å². The monoisotopic (exact) mass is 262 g/mol. The van der Waals surface area contributed by atoms with E-state index in [1.807, 2.05) is 13.8 Å². The molecule has 3 N–H and O–H groups in total. The second-order valence-corrected chi connectivity index (χ2v) is 5.87. The van der Waals surface area contributed by atoms with Gasteiger partial charge in [0.15, 0.2) is 0 Å². The van der Waals surface area contributed by atoms with Crippen molar-refractivity contribution < 1.29 is 4.79 Å². The van der Waals surface area contributed by atoms with Gasteiger partial charge in [0, 0.05) is 12.6 Å². The van der Waals surface area contributed by atoms with E-state index in [4.69, 9.17) is 5.73 Å². The molecule has 0 bridgehead atoms. The maximum Gasteiger partial charge on any atom is 0.227 e. The molecule has 0 spiro atoms. The van der Waals surface area contributed by atoms with Crippen molar-refractivity contribution in [2.45, 2.75) is 58.9 Å². The van der Waals surface area contributed by atoms with Gasteiger partial charge in [-0.05, 0) is 39.0 Å². The van der Waals surface area contributed by atoms with Crippen molar-refractivity contribution in [3.63, 3.8) is 0 Å². The van der Waals surface area contributed by atoms with E-state index in [0.29, 0.717) is 12.6 Å². The Balaban J connectivity index is 0.00000256. The molecule has 0 radical (unpaired) electrons. The topological polar surface area (TPSA) is 55.1 Å². The number of rotatable bonds is 3. The van der Waals surface area contributed by atoms with Crippen LogP contribution in [0.25, 0.3) is 0 Å². The third-order valence-corrected chi connectivity index (χ3v) is 3.72. The fraction of sp³-hybridized carbons (Fsp3) is 0.923. The number of amides is 1. The average Bonchev–Trinajstić information content (AvgIpc) is 2.44. The van der Waals surface area contributed by atoms with Gasteiger partial charge in [0.25, 0.3) is 0 Å². The van der Waals surface area contributed by atoms with Gasteiger partial charge in [-0.2, -0.15) is 0 Å². The summed E-state index contributed by atoms with van der Waals surface area (Å²) in [7, 11) is 0. The van der Waals surface area contributed by atoms with Crippen molar-refractivity contribution in [2.75, 3.05) is 6.54 Å². The normalized spacial score (nSPS) is 25.6. The summed E-state index contributed by atoms with van der Waals surface area (Å²) in [5.74, 6) is 0.916. The van der Waals surface area contributed by atoms with Crippen LogP contribution in [0.3, 0.4) is 0 Å². The molecule has 0 aliphatic heterocycles. The lowest BCUT2D eigenvalue weighted by Crippen LogP contribution is -2.46. The number of hydrogen-bond acceptors (Lipinski definition) is 2. The van der Waals surface area contributed by atoms with Crippen LogP contribution in [0.15, 0.2) is 0 Å². The molecule has 4 heteroatoms. The van der Waals surface area contributed by atoms with Crippen LogP contribution in [0.1, 0.15) is 52.9 Å². The summed E-state index contributed by atoms with van der Waals surface area (Å²) in [6.45, 7) is 6.51. The summed E-state index contributed by atoms with van der Waals surface area (Å²) < 4.78 is 0. The van der Waals surface area contributed by atoms with Crippen molar-refractivity contribution >= 4 is 18.3 Å². The Kier molecular flexibility index (Phi) is 7.10. The molecule has 3 nitrogen and oxygen atoms in total. The molecule has 1 amide bonds. The lowest BCUT2D eigenvalue weighted by molar-refractivity contribution is -0.129. The molecule has 1 saturated carbocycles. The molecule has 0 heterocycles. The van der Waals surface area contributed by atoms with Crippen LogP contribution in [0.2, 0.25) is 0 Å². The molecule has 0 aromatic rings. The molecule has 17 heavy (non-hydrogen) atoms. The third-order valence-electron chi connectivity index (χ3n) is 3.72. The number of carbonyl (C=O) groups excluding carboxylic acids is 1. The smallest absolute Gasteiger partial charge is 0.227 e. The minimum atomic E-state index is -0.433. The number of nitrogens with two attached hydrogens (primary N) is 1. The van der Waals surface area contributed by atoms with Gasteiger partial charge in [-0.1, -0.05) is 19.8 Å². The molecule has 1 aliphatic carbocycles. The Morgan fingerprint density at radius 3 is 2.53 bits per heavy atom. The lowest BCUT2D eigenvalue weighted by Gasteiger charge is -2.25. The molecule has 2 atom stereocenters. The Bertz CT molecular complexity index is 244. The van der Waals surface area contributed by atoms with Gasteiger partial charge in [0.2, 0.25) is 5.91 Å². The fourth-order valence-corrected chi connectivity index (χ4v) is 2.10. The quantitative estimate of drug-likeness (QED) is 0.768. The first kappa shape index (κ1) is 16.7. The zero-order valence-corrected chi connectivity index (χ0v) is 12.1. The predicted octanol–water partition coefficient (Wildman–Crippen LogP) is 2.48. The van der Waals surface area contributed by atoms with Crippen molar-refractivity contribution in [3.05, 3.63) is 0 Å². The SMILES string of the molecule is CC1CCCC(NC(=O)C(C)(C)CN)CC1.Cl. The van der Waals surface area contributed by atoms with Crippen LogP contribution in [-0.2, 0) is 4.79 Å². The third kappa shape index (κ3) is 5.26. The van der Waals surface area contributed by atoms with Crippen molar-refractivity contribution in [2.24, 2.45) is 17.1 Å². The van der Waals surface area contributed by atoms with Gasteiger partial charge in [-0.15, -0.1) is 12.4 Å². The molecular weight excluding hydrogens is 236 g/mol. The minimum Gasteiger partial charge on any atom is -0.353 e. The molecule has 1 fully saturated rings. The van der Waals surface area contributed by atoms with E-state index >= 15 is 0 Å². The van der Waals surface area contributed by atoms with E-state index in [-0.39, 0.29) is 18.3 Å². The van der Waals surface area contributed by atoms with E-state index in [1.54, 1.807) is 0 Å². The average molecular weight is 263 g/mol. The number of nitrogens with one attached hydrogen (secondary N) is 1. The van der Waals surface area contributed by atoms with Crippen molar-refractivity contribution in [1.82, 2.24) is 5.32 Å². The van der Waals surface area contributed by atoms with Crippen molar-refractivity contribution in [3.8, 4) is 0 Å². The standard InChI is InChI=1S/C13H26N2O.ClH/c1-10-5-4-6-11(8-7-10)15-12(16)13(2,3)9-14;/h10-11H,4-9,14H2,1-3H3,(H,15,16);1H. The molecule has 0 saturated heterocycles. The van der Waals surface area contributed by atoms with E-state index in [0.717, 1.165) is 18.8 Å². The summed E-state index contributed by atoms with van der Waals surface area (Å²) in [4.78, 5) is 12.0. The van der Waals surface area contributed by atoms with Crippen LogP contribution in [0.4, 0.5) is 0 Å². The highest BCUT2D eigenvalue weighted by Gasteiger charge is 2.28. The number of halogens is 1. The van der Waals surface area contributed by atoms with Gasteiger partial charge >= 0.3 is 0 Å². The van der Waals surface area contributed by atoms with Crippen LogP contribution >= 0.6 is 12.4 Å². The van der Waals surface area contributed by atoms with Gasteiger partial charge < -0.3 is 11.1 Å². The molecule has 1 aliphatic rings. The van der Waals surface area contributed by atoms with Crippen LogP contribution in [-0.4, -0.2) is 18.5 Å². The highest BCUT2D eigenvalue weighted by molar-refractivity contribution is 5.85. The van der Waals surface area contributed by atoms with Crippen LogP contribution in [0, 0.1) is 11.3 Å². The largest absolute Gasteiger partial charge is 0.353 e. The predicted molar refractivity (Wildman–Crippen MR) is 74.3 cm³/mol. The second-order valence-electron chi connectivity index (χ2n) is 5.87. The van der Waals surface area contributed by atoms with E-state index in [2.05, 4.69) is 12.2 Å².